The van der Waals surface area contributed by atoms with Crippen LogP contribution in [0.4, 0.5) is 0 Å². The van der Waals surface area contributed by atoms with Gasteiger partial charge in [-0.2, -0.15) is 5.10 Å². The van der Waals surface area contributed by atoms with Gasteiger partial charge in [0.2, 0.25) is 0 Å². The number of amides is 1. The van der Waals surface area contributed by atoms with Gasteiger partial charge in [0.05, 0.1) is 22.1 Å². The first-order chi connectivity index (χ1) is 12.9. The van der Waals surface area contributed by atoms with Crippen LogP contribution in [0.1, 0.15) is 16.9 Å². The van der Waals surface area contributed by atoms with Crippen molar-refractivity contribution < 1.29 is 13.2 Å². The Morgan fingerprint density at radius 3 is 2.63 bits per heavy atom. The Bertz CT molecular complexity index is 1060. The number of sulfone groups is 1. The molecule has 1 fully saturated rings. The highest BCUT2D eigenvalue weighted by Gasteiger charge is 2.34. The Hall–Kier alpha value is -2.45. The minimum absolute atomic E-state index is 0.0203. The molecule has 6 nitrogen and oxygen atoms in total. The van der Waals surface area contributed by atoms with E-state index in [4.69, 9.17) is 0 Å². The number of hydrogen-bond donors (Lipinski definition) is 0. The summed E-state index contributed by atoms with van der Waals surface area (Å²) in [6.07, 6.45) is 0.474. The first-order valence-electron chi connectivity index (χ1n) is 8.61. The van der Waals surface area contributed by atoms with E-state index in [-0.39, 0.29) is 23.5 Å². The molecule has 140 valence electrons. The van der Waals surface area contributed by atoms with Gasteiger partial charge in [-0.05, 0) is 36.1 Å². The Morgan fingerprint density at radius 2 is 2.00 bits per heavy atom. The van der Waals surface area contributed by atoms with E-state index in [2.05, 4.69) is 5.10 Å². The predicted octanol–water partition coefficient (Wildman–Crippen LogP) is 2.86. The molecule has 0 spiro atoms. The average Bonchev–Trinajstić information content (AvgIpc) is 3.40. The molecule has 1 saturated heterocycles. The van der Waals surface area contributed by atoms with E-state index >= 15 is 0 Å². The van der Waals surface area contributed by atoms with E-state index in [1.807, 2.05) is 47.8 Å². The van der Waals surface area contributed by atoms with Gasteiger partial charge in [0.15, 0.2) is 9.84 Å². The van der Waals surface area contributed by atoms with E-state index < -0.39 is 9.84 Å². The van der Waals surface area contributed by atoms with E-state index in [9.17, 15) is 13.2 Å². The standard InChI is InChI=1S/C19H19N3O3S2/c1-21(15-9-11-27(24,25)13-15)19(23)17-12-16(18-8-5-10-26-18)20-22(17)14-6-3-2-4-7-14/h2-8,10,12,15H,9,11,13H2,1H3/t15-/m0/s1. The fraction of sp³-hybridized carbons (Fsp3) is 0.263. The van der Waals surface area contributed by atoms with Crippen molar-refractivity contribution in [2.75, 3.05) is 18.6 Å². The Labute approximate surface area is 162 Å². The number of thiophene rings is 1. The van der Waals surface area contributed by atoms with E-state index in [0.29, 0.717) is 12.1 Å². The number of carbonyl (C=O) groups is 1. The molecule has 0 aliphatic carbocycles. The number of rotatable bonds is 4. The van der Waals surface area contributed by atoms with Crippen LogP contribution in [0.25, 0.3) is 16.3 Å². The second-order valence-electron chi connectivity index (χ2n) is 6.61. The monoisotopic (exact) mass is 401 g/mol. The summed E-state index contributed by atoms with van der Waals surface area (Å²) >= 11 is 1.56. The fourth-order valence-electron chi connectivity index (χ4n) is 3.27. The predicted molar refractivity (Wildman–Crippen MR) is 106 cm³/mol. The van der Waals surface area contributed by atoms with Crippen molar-refractivity contribution in [3.05, 3.63) is 59.6 Å². The smallest absolute Gasteiger partial charge is 0.272 e. The zero-order valence-electron chi connectivity index (χ0n) is 14.8. The van der Waals surface area contributed by atoms with Gasteiger partial charge >= 0.3 is 0 Å². The largest absolute Gasteiger partial charge is 0.336 e. The molecule has 0 bridgehead atoms. The molecule has 0 unspecified atom stereocenters. The van der Waals surface area contributed by atoms with Crippen molar-refractivity contribution in [1.82, 2.24) is 14.7 Å². The Morgan fingerprint density at radius 1 is 1.22 bits per heavy atom. The van der Waals surface area contributed by atoms with Crippen LogP contribution in [-0.2, 0) is 9.84 Å². The maximum absolute atomic E-state index is 13.2. The van der Waals surface area contributed by atoms with Crippen molar-refractivity contribution in [2.45, 2.75) is 12.5 Å². The Balaban J connectivity index is 1.73. The molecule has 1 atom stereocenters. The SMILES string of the molecule is CN(C(=O)c1cc(-c2cccs2)nn1-c1ccccc1)[C@H]1CCS(=O)(=O)C1. The van der Waals surface area contributed by atoms with Gasteiger partial charge in [-0.1, -0.05) is 24.3 Å². The van der Waals surface area contributed by atoms with Crippen LogP contribution in [0, 0.1) is 0 Å². The van der Waals surface area contributed by atoms with Gasteiger partial charge in [0, 0.05) is 13.1 Å². The van der Waals surface area contributed by atoms with Gasteiger partial charge in [0.1, 0.15) is 11.4 Å². The zero-order valence-corrected chi connectivity index (χ0v) is 16.4. The number of benzene rings is 1. The number of hydrogen-bond acceptors (Lipinski definition) is 5. The highest BCUT2D eigenvalue weighted by molar-refractivity contribution is 7.91. The molecule has 3 heterocycles. The van der Waals surface area contributed by atoms with Crippen molar-refractivity contribution in [2.24, 2.45) is 0 Å². The Kier molecular flexibility index (Phi) is 4.61. The first kappa shape index (κ1) is 17.9. The lowest BCUT2D eigenvalue weighted by molar-refractivity contribution is 0.0738. The van der Waals surface area contributed by atoms with Crippen molar-refractivity contribution in [1.29, 1.82) is 0 Å². The lowest BCUT2D eigenvalue weighted by atomic mass is 10.2. The van der Waals surface area contributed by atoms with Crippen LogP contribution in [0.5, 0.6) is 0 Å². The molecule has 1 aromatic carbocycles. The van der Waals surface area contributed by atoms with Crippen molar-refractivity contribution in [3.63, 3.8) is 0 Å². The minimum atomic E-state index is -3.06. The van der Waals surface area contributed by atoms with Gasteiger partial charge in [0.25, 0.3) is 5.91 Å². The molecule has 0 radical (unpaired) electrons. The average molecular weight is 402 g/mol. The maximum atomic E-state index is 13.2. The van der Waals surface area contributed by atoms with E-state index in [1.54, 1.807) is 34.0 Å². The van der Waals surface area contributed by atoms with Crippen LogP contribution in [0.15, 0.2) is 53.9 Å². The topological polar surface area (TPSA) is 72.3 Å². The van der Waals surface area contributed by atoms with Crippen LogP contribution >= 0.6 is 11.3 Å². The summed E-state index contributed by atoms with van der Waals surface area (Å²) in [6, 6.07) is 14.9. The van der Waals surface area contributed by atoms with Crippen LogP contribution in [0.2, 0.25) is 0 Å². The molecule has 0 saturated carbocycles. The van der Waals surface area contributed by atoms with Crippen LogP contribution in [0.3, 0.4) is 0 Å². The normalized spacial score (nSPS) is 18.5. The highest BCUT2D eigenvalue weighted by atomic mass is 32.2. The summed E-state index contributed by atoms with van der Waals surface area (Å²) in [7, 11) is -1.40. The molecule has 1 amide bonds. The summed E-state index contributed by atoms with van der Waals surface area (Å²) in [4.78, 5) is 15.7. The first-order valence-corrected chi connectivity index (χ1v) is 11.3. The summed E-state index contributed by atoms with van der Waals surface area (Å²) in [6.45, 7) is 0. The van der Waals surface area contributed by atoms with E-state index in [1.165, 1.54) is 0 Å². The van der Waals surface area contributed by atoms with Crippen LogP contribution in [-0.4, -0.2) is 53.6 Å². The molecule has 1 aliphatic rings. The van der Waals surface area contributed by atoms with Crippen molar-refractivity contribution in [3.8, 4) is 16.3 Å². The van der Waals surface area contributed by atoms with Gasteiger partial charge in [-0.3, -0.25) is 4.79 Å². The summed E-state index contributed by atoms with van der Waals surface area (Å²) < 4.78 is 25.2. The molecular weight excluding hydrogens is 382 g/mol. The highest BCUT2D eigenvalue weighted by Crippen LogP contribution is 2.27. The van der Waals surface area contributed by atoms with E-state index in [0.717, 1.165) is 16.3 Å². The molecular formula is C19H19N3O3S2. The second kappa shape index (κ2) is 6.94. The van der Waals surface area contributed by atoms with Crippen molar-refractivity contribution >= 4 is 27.1 Å². The molecule has 1 aliphatic heterocycles. The number of para-hydroxylation sites is 1. The molecule has 2 aromatic heterocycles. The summed E-state index contributed by atoms with van der Waals surface area (Å²) in [5.41, 5.74) is 1.94. The molecule has 0 N–H and O–H groups in total. The molecule has 8 heteroatoms. The third-order valence-corrected chi connectivity index (χ3v) is 7.42. The second-order valence-corrected chi connectivity index (χ2v) is 9.79. The third-order valence-electron chi connectivity index (χ3n) is 4.78. The fourth-order valence-corrected chi connectivity index (χ4v) is 5.73. The van der Waals surface area contributed by atoms with Gasteiger partial charge in [-0.15, -0.1) is 11.3 Å². The lowest BCUT2D eigenvalue weighted by Gasteiger charge is -2.23. The number of aromatic nitrogens is 2. The molecule has 27 heavy (non-hydrogen) atoms. The quantitative estimate of drug-likeness (QED) is 0.674. The minimum Gasteiger partial charge on any atom is -0.336 e. The molecule has 4 rings (SSSR count). The van der Waals surface area contributed by atoms with Gasteiger partial charge in [-0.25, -0.2) is 13.1 Å². The van der Waals surface area contributed by atoms with Gasteiger partial charge < -0.3 is 4.90 Å². The zero-order chi connectivity index (χ0) is 19.0. The number of carbonyl (C=O) groups excluding carboxylic acids is 1. The summed E-state index contributed by atoms with van der Waals surface area (Å²) in [5, 5.41) is 6.61. The number of nitrogens with zero attached hydrogens (tertiary/aromatic N) is 3. The summed E-state index contributed by atoms with van der Waals surface area (Å²) in [5.74, 6) is -0.0727. The third kappa shape index (κ3) is 3.54. The lowest BCUT2D eigenvalue weighted by Crippen LogP contribution is -2.38. The molecule has 3 aromatic rings. The maximum Gasteiger partial charge on any atom is 0.272 e. The van der Waals surface area contributed by atoms with Crippen LogP contribution < -0.4 is 0 Å².